The third-order valence-electron chi connectivity index (χ3n) is 3.61. The number of ether oxygens (including phenoxy) is 2. The molecule has 2 aromatic rings. The molecule has 0 heterocycles. The van der Waals surface area contributed by atoms with Gasteiger partial charge >= 0.3 is 5.97 Å². The lowest BCUT2D eigenvalue weighted by Crippen LogP contribution is -2.30. The lowest BCUT2D eigenvalue weighted by molar-refractivity contribution is -0.122. The number of aryl methyl sites for hydroxylation is 2. The Bertz CT molecular complexity index is 799. The van der Waals surface area contributed by atoms with Crippen molar-refractivity contribution >= 4 is 29.2 Å². The van der Waals surface area contributed by atoms with Crippen LogP contribution >= 0.6 is 11.6 Å². The monoisotopic (exact) mass is 375 g/mol. The summed E-state index contributed by atoms with van der Waals surface area (Å²) in [5.41, 5.74) is 2.77. The number of hydrogen-bond donors (Lipinski definition) is 1. The zero-order valence-corrected chi connectivity index (χ0v) is 16.0. The van der Waals surface area contributed by atoms with Crippen LogP contribution in [-0.2, 0) is 9.53 Å². The minimum Gasteiger partial charge on any atom is -0.481 e. The molecule has 0 bridgehead atoms. The first kappa shape index (κ1) is 19.8. The van der Waals surface area contributed by atoms with Crippen molar-refractivity contribution in [3.63, 3.8) is 0 Å². The first-order valence-corrected chi connectivity index (χ1v) is 8.70. The van der Waals surface area contributed by atoms with E-state index < -0.39 is 12.1 Å². The minimum absolute atomic E-state index is 0.203. The van der Waals surface area contributed by atoms with Crippen LogP contribution in [0.3, 0.4) is 0 Å². The predicted octanol–water partition coefficient (Wildman–Crippen LogP) is 4.54. The highest BCUT2D eigenvalue weighted by Crippen LogP contribution is 2.22. The Labute approximate surface area is 158 Å². The van der Waals surface area contributed by atoms with Crippen molar-refractivity contribution < 1.29 is 19.1 Å². The molecule has 0 saturated heterocycles. The molecular formula is C20H22ClNO4. The van der Waals surface area contributed by atoms with Crippen molar-refractivity contribution in [2.45, 2.75) is 33.8 Å². The van der Waals surface area contributed by atoms with Crippen molar-refractivity contribution in [2.24, 2.45) is 0 Å². The zero-order chi connectivity index (χ0) is 19.3. The summed E-state index contributed by atoms with van der Waals surface area (Å²) in [6, 6.07) is 10.4. The van der Waals surface area contributed by atoms with Crippen LogP contribution in [0.2, 0.25) is 5.02 Å². The molecule has 1 atom stereocenters. The molecular weight excluding hydrogens is 354 g/mol. The number of hydrogen-bond acceptors (Lipinski definition) is 4. The van der Waals surface area contributed by atoms with Crippen molar-refractivity contribution in [3.8, 4) is 5.75 Å². The summed E-state index contributed by atoms with van der Waals surface area (Å²) in [5, 5.41) is 2.99. The molecule has 0 saturated carbocycles. The van der Waals surface area contributed by atoms with Gasteiger partial charge < -0.3 is 14.8 Å². The van der Waals surface area contributed by atoms with Crippen LogP contribution in [0.4, 0.5) is 5.69 Å². The molecule has 0 aliphatic heterocycles. The van der Waals surface area contributed by atoms with Crippen LogP contribution < -0.4 is 10.1 Å². The molecule has 2 rings (SSSR count). The van der Waals surface area contributed by atoms with E-state index in [1.807, 2.05) is 32.0 Å². The van der Waals surface area contributed by atoms with Crippen LogP contribution in [-0.4, -0.2) is 24.6 Å². The van der Waals surface area contributed by atoms with Gasteiger partial charge in [-0.3, -0.25) is 4.79 Å². The minimum atomic E-state index is -0.710. The van der Waals surface area contributed by atoms with Gasteiger partial charge in [0.2, 0.25) is 0 Å². The molecule has 138 valence electrons. The maximum Gasteiger partial charge on any atom is 0.339 e. The third-order valence-corrected chi connectivity index (χ3v) is 3.94. The normalized spacial score (nSPS) is 11.6. The van der Waals surface area contributed by atoms with Gasteiger partial charge in [0.1, 0.15) is 5.75 Å². The molecule has 0 unspecified atom stereocenters. The fourth-order valence-electron chi connectivity index (χ4n) is 2.47. The van der Waals surface area contributed by atoms with Gasteiger partial charge in [0.05, 0.1) is 17.2 Å². The van der Waals surface area contributed by atoms with Gasteiger partial charge in [0.15, 0.2) is 6.10 Å². The van der Waals surface area contributed by atoms with E-state index in [-0.39, 0.29) is 23.1 Å². The summed E-state index contributed by atoms with van der Waals surface area (Å²) < 4.78 is 10.7. The molecule has 5 nitrogen and oxygen atoms in total. The van der Waals surface area contributed by atoms with Crippen LogP contribution in [0, 0.1) is 13.8 Å². The second kappa shape index (κ2) is 8.72. The molecule has 0 fully saturated rings. The second-order valence-corrected chi connectivity index (χ2v) is 6.40. The summed E-state index contributed by atoms with van der Waals surface area (Å²) in [7, 11) is 0. The average Bonchev–Trinajstić information content (AvgIpc) is 2.55. The van der Waals surface area contributed by atoms with Crippen LogP contribution in [0.5, 0.6) is 5.75 Å². The van der Waals surface area contributed by atoms with E-state index in [1.165, 1.54) is 6.07 Å². The van der Waals surface area contributed by atoms with Crippen molar-refractivity contribution in [2.75, 3.05) is 11.9 Å². The fourth-order valence-corrected chi connectivity index (χ4v) is 2.67. The lowest BCUT2D eigenvalue weighted by atomic mass is 10.1. The second-order valence-electron chi connectivity index (χ2n) is 5.99. The van der Waals surface area contributed by atoms with E-state index in [0.717, 1.165) is 11.1 Å². The topological polar surface area (TPSA) is 64.6 Å². The Morgan fingerprint density at radius 1 is 1.12 bits per heavy atom. The number of nitrogens with one attached hydrogen (secondary N) is 1. The number of esters is 1. The molecule has 1 amide bonds. The van der Waals surface area contributed by atoms with Gasteiger partial charge in [-0.05, 0) is 69.2 Å². The summed E-state index contributed by atoms with van der Waals surface area (Å²) in [4.78, 5) is 24.3. The number of halogens is 1. The molecule has 0 aliphatic carbocycles. The third kappa shape index (κ3) is 5.23. The molecule has 6 heteroatoms. The summed E-state index contributed by atoms with van der Waals surface area (Å²) in [6.07, 6.45) is -0.710. The molecule has 2 aromatic carbocycles. The molecule has 1 N–H and O–H groups in total. The molecule has 26 heavy (non-hydrogen) atoms. The Hall–Kier alpha value is -2.53. The fraction of sp³-hybridized carbons (Fsp3) is 0.300. The van der Waals surface area contributed by atoms with Gasteiger partial charge in [0, 0.05) is 5.69 Å². The highest BCUT2D eigenvalue weighted by molar-refractivity contribution is 6.33. The number of anilines is 1. The number of carbonyl (C=O) groups excluding carboxylic acids is 2. The first-order valence-electron chi connectivity index (χ1n) is 8.32. The van der Waals surface area contributed by atoms with Crippen LogP contribution in [0.15, 0.2) is 36.4 Å². The van der Waals surface area contributed by atoms with Gasteiger partial charge in [-0.15, -0.1) is 0 Å². The maximum absolute atomic E-state index is 12.4. The van der Waals surface area contributed by atoms with Crippen LogP contribution in [0.25, 0.3) is 0 Å². The number of carbonyl (C=O) groups is 2. The van der Waals surface area contributed by atoms with Gasteiger partial charge in [-0.1, -0.05) is 17.7 Å². The molecule has 0 radical (unpaired) electrons. The quantitative estimate of drug-likeness (QED) is 0.753. The van der Waals surface area contributed by atoms with E-state index in [1.54, 1.807) is 26.0 Å². The van der Waals surface area contributed by atoms with E-state index in [4.69, 9.17) is 21.1 Å². The number of benzene rings is 2. The van der Waals surface area contributed by atoms with E-state index in [0.29, 0.717) is 11.4 Å². The Kier molecular flexibility index (Phi) is 6.64. The van der Waals surface area contributed by atoms with Crippen molar-refractivity contribution in [3.05, 3.63) is 58.1 Å². The largest absolute Gasteiger partial charge is 0.481 e. The number of rotatable bonds is 6. The highest BCUT2D eigenvalue weighted by Gasteiger charge is 2.17. The predicted molar refractivity (Wildman–Crippen MR) is 102 cm³/mol. The Balaban J connectivity index is 2.08. The Morgan fingerprint density at radius 2 is 1.77 bits per heavy atom. The summed E-state index contributed by atoms with van der Waals surface area (Å²) in [5.74, 6) is -0.233. The standard InChI is InChI=1S/C20H22ClNO4/c1-5-25-20(24)17-11-15(6-7-18(17)21)22-19(23)14(4)26-16-9-12(2)8-13(3)10-16/h6-11,14H,5H2,1-4H3,(H,22,23)/t14-/m1/s1. The highest BCUT2D eigenvalue weighted by atomic mass is 35.5. The summed E-state index contributed by atoms with van der Waals surface area (Å²) in [6.45, 7) is 7.55. The SMILES string of the molecule is CCOC(=O)c1cc(NC(=O)[C@@H](C)Oc2cc(C)cc(C)c2)ccc1Cl. The maximum atomic E-state index is 12.4. The molecule has 0 spiro atoms. The van der Waals surface area contributed by atoms with Crippen molar-refractivity contribution in [1.29, 1.82) is 0 Å². The number of amides is 1. The molecule has 0 aliphatic rings. The van der Waals surface area contributed by atoms with E-state index in [2.05, 4.69) is 5.32 Å². The van der Waals surface area contributed by atoms with E-state index in [9.17, 15) is 9.59 Å². The summed E-state index contributed by atoms with van der Waals surface area (Å²) >= 11 is 6.02. The van der Waals surface area contributed by atoms with Gasteiger partial charge in [-0.25, -0.2) is 4.79 Å². The first-order chi connectivity index (χ1) is 12.3. The lowest BCUT2D eigenvalue weighted by Gasteiger charge is -2.16. The van der Waals surface area contributed by atoms with Gasteiger partial charge in [-0.2, -0.15) is 0 Å². The smallest absolute Gasteiger partial charge is 0.339 e. The van der Waals surface area contributed by atoms with Gasteiger partial charge in [0.25, 0.3) is 5.91 Å². The van der Waals surface area contributed by atoms with Crippen LogP contribution in [0.1, 0.15) is 35.3 Å². The Morgan fingerprint density at radius 3 is 2.38 bits per heavy atom. The van der Waals surface area contributed by atoms with E-state index >= 15 is 0 Å². The molecule has 0 aromatic heterocycles. The zero-order valence-electron chi connectivity index (χ0n) is 15.3. The average molecular weight is 376 g/mol. The van der Waals surface area contributed by atoms with Crippen molar-refractivity contribution in [1.82, 2.24) is 0 Å².